The second-order valence-corrected chi connectivity index (χ2v) is 6.90. The monoisotopic (exact) mass is 254 g/mol. The number of methoxy groups -OCH3 is 1. The summed E-state index contributed by atoms with van der Waals surface area (Å²) < 4.78 is 5.27. The predicted octanol–water partition coefficient (Wildman–Crippen LogP) is 2.71. The van der Waals surface area contributed by atoms with Gasteiger partial charge in [-0.15, -0.1) is 11.3 Å². The summed E-state index contributed by atoms with van der Waals surface area (Å²) in [7, 11) is 1.79. The van der Waals surface area contributed by atoms with E-state index in [4.69, 9.17) is 4.74 Å². The number of rotatable bonds is 4. The SMILES string of the molecule is COC1CC(NCc2cnc(C(C)(C)C)s2)C1. The van der Waals surface area contributed by atoms with Gasteiger partial charge in [-0.25, -0.2) is 4.98 Å². The van der Waals surface area contributed by atoms with Gasteiger partial charge in [-0.05, 0) is 12.8 Å². The van der Waals surface area contributed by atoms with E-state index in [1.165, 1.54) is 9.88 Å². The van der Waals surface area contributed by atoms with E-state index in [2.05, 4.69) is 31.1 Å². The van der Waals surface area contributed by atoms with Gasteiger partial charge in [0.1, 0.15) is 0 Å². The highest BCUT2D eigenvalue weighted by molar-refractivity contribution is 7.11. The minimum absolute atomic E-state index is 0.167. The average molecular weight is 254 g/mol. The third kappa shape index (κ3) is 3.27. The van der Waals surface area contributed by atoms with Crippen LogP contribution in [0.15, 0.2) is 6.20 Å². The van der Waals surface area contributed by atoms with Crippen molar-refractivity contribution in [3.63, 3.8) is 0 Å². The highest BCUT2D eigenvalue weighted by atomic mass is 32.1. The predicted molar refractivity (Wildman–Crippen MR) is 71.5 cm³/mol. The Hall–Kier alpha value is -0.450. The van der Waals surface area contributed by atoms with Crippen molar-refractivity contribution in [2.75, 3.05) is 7.11 Å². The number of ether oxygens (including phenoxy) is 1. The average Bonchev–Trinajstić information content (AvgIpc) is 2.63. The smallest absolute Gasteiger partial charge is 0.0981 e. The summed E-state index contributed by atoms with van der Waals surface area (Å²) >= 11 is 1.82. The van der Waals surface area contributed by atoms with Gasteiger partial charge in [0.2, 0.25) is 0 Å². The third-order valence-electron chi connectivity index (χ3n) is 3.19. The maximum absolute atomic E-state index is 5.27. The summed E-state index contributed by atoms with van der Waals surface area (Å²) in [5.41, 5.74) is 0.167. The van der Waals surface area contributed by atoms with Gasteiger partial charge in [0.05, 0.1) is 11.1 Å². The van der Waals surface area contributed by atoms with Crippen molar-refractivity contribution < 1.29 is 4.74 Å². The molecule has 1 fully saturated rings. The first-order chi connectivity index (χ1) is 7.99. The van der Waals surface area contributed by atoms with Crippen LogP contribution in [0.3, 0.4) is 0 Å². The molecule has 4 heteroatoms. The molecule has 0 radical (unpaired) electrons. The zero-order chi connectivity index (χ0) is 12.5. The van der Waals surface area contributed by atoms with Crippen LogP contribution >= 0.6 is 11.3 Å². The van der Waals surface area contributed by atoms with Crippen molar-refractivity contribution in [2.45, 2.75) is 57.7 Å². The van der Waals surface area contributed by atoms with E-state index in [1.807, 2.05) is 17.5 Å². The lowest BCUT2D eigenvalue weighted by Gasteiger charge is -2.34. The Labute approximate surface area is 108 Å². The van der Waals surface area contributed by atoms with Gasteiger partial charge in [-0.2, -0.15) is 0 Å². The molecule has 0 aromatic carbocycles. The van der Waals surface area contributed by atoms with E-state index in [0.717, 1.165) is 19.4 Å². The number of aromatic nitrogens is 1. The van der Waals surface area contributed by atoms with Crippen LogP contribution < -0.4 is 5.32 Å². The molecule has 1 heterocycles. The molecular weight excluding hydrogens is 232 g/mol. The molecule has 1 aromatic rings. The van der Waals surface area contributed by atoms with Gasteiger partial charge in [0.15, 0.2) is 0 Å². The summed E-state index contributed by atoms with van der Waals surface area (Å²) in [6, 6.07) is 0.625. The summed E-state index contributed by atoms with van der Waals surface area (Å²) in [4.78, 5) is 5.82. The van der Waals surface area contributed by atoms with Crippen molar-refractivity contribution in [2.24, 2.45) is 0 Å². The first-order valence-electron chi connectivity index (χ1n) is 6.20. The van der Waals surface area contributed by atoms with E-state index >= 15 is 0 Å². The van der Waals surface area contributed by atoms with E-state index in [9.17, 15) is 0 Å². The molecule has 1 aliphatic rings. The molecule has 1 aromatic heterocycles. The molecule has 1 aliphatic carbocycles. The fourth-order valence-electron chi connectivity index (χ4n) is 1.91. The lowest BCUT2D eigenvalue weighted by atomic mass is 9.89. The van der Waals surface area contributed by atoms with Gasteiger partial charge < -0.3 is 10.1 Å². The van der Waals surface area contributed by atoms with Crippen molar-refractivity contribution >= 4 is 11.3 Å². The maximum atomic E-state index is 5.27. The van der Waals surface area contributed by atoms with E-state index in [1.54, 1.807) is 7.11 Å². The van der Waals surface area contributed by atoms with Gasteiger partial charge in [0.25, 0.3) is 0 Å². The summed E-state index contributed by atoms with van der Waals surface area (Å²) in [5, 5.41) is 4.77. The minimum atomic E-state index is 0.167. The van der Waals surface area contributed by atoms with Crippen LogP contribution in [0.5, 0.6) is 0 Å². The number of hydrogen-bond acceptors (Lipinski definition) is 4. The highest BCUT2D eigenvalue weighted by Gasteiger charge is 2.28. The van der Waals surface area contributed by atoms with E-state index in [0.29, 0.717) is 12.1 Å². The normalized spacial score (nSPS) is 24.7. The number of hydrogen-bond donors (Lipinski definition) is 1. The molecule has 1 N–H and O–H groups in total. The lowest BCUT2D eigenvalue weighted by Crippen LogP contribution is -2.44. The second kappa shape index (κ2) is 5.04. The highest BCUT2D eigenvalue weighted by Crippen LogP contribution is 2.27. The number of nitrogens with one attached hydrogen (secondary N) is 1. The Morgan fingerprint density at radius 1 is 1.47 bits per heavy atom. The molecule has 0 spiro atoms. The van der Waals surface area contributed by atoms with Gasteiger partial charge in [-0.3, -0.25) is 0 Å². The molecule has 3 nitrogen and oxygen atoms in total. The van der Waals surface area contributed by atoms with Crippen LogP contribution in [0, 0.1) is 0 Å². The van der Waals surface area contributed by atoms with Crippen LogP contribution in [0.25, 0.3) is 0 Å². The fourth-order valence-corrected chi connectivity index (χ4v) is 2.83. The molecule has 0 saturated heterocycles. The van der Waals surface area contributed by atoms with Crippen molar-refractivity contribution in [3.05, 3.63) is 16.1 Å². The molecule has 0 amide bonds. The third-order valence-corrected chi connectivity index (χ3v) is 4.61. The summed E-state index contributed by atoms with van der Waals surface area (Å²) in [6.07, 6.45) is 4.76. The minimum Gasteiger partial charge on any atom is -0.381 e. The van der Waals surface area contributed by atoms with Crippen molar-refractivity contribution in [3.8, 4) is 0 Å². The Morgan fingerprint density at radius 2 is 2.18 bits per heavy atom. The second-order valence-electron chi connectivity index (χ2n) is 5.79. The first-order valence-corrected chi connectivity index (χ1v) is 7.02. The fraction of sp³-hybridized carbons (Fsp3) is 0.769. The molecule has 96 valence electrons. The molecule has 0 unspecified atom stereocenters. The van der Waals surface area contributed by atoms with Gasteiger partial charge in [0, 0.05) is 36.2 Å². The zero-order valence-electron chi connectivity index (χ0n) is 11.1. The quantitative estimate of drug-likeness (QED) is 0.897. The number of nitrogens with zero attached hydrogens (tertiary/aromatic N) is 1. The standard InChI is InChI=1S/C13H22N2OS/c1-13(2,3)12-15-8-11(17-12)7-14-9-5-10(6-9)16-4/h8-10,14H,5-7H2,1-4H3. The molecule has 1 saturated carbocycles. The molecule has 17 heavy (non-hydrogen) atoms. The van der Waals surface area contributed by atoms with Gasteiger partial charge >= 0.3 is 0 Å². The van der Waals surface area contributed by atoms with Crippen LogP contribution in [0.4, 0.5) is 0 Å². The van der Waals surface area contributed by atoms with Crippen molar-refractivity contribution in [1.29, 1.82) is 0 Å². The Morgan fingerprint density at radius 3 is 2.71 bits per heavy atom. The Kier molecular flexibility index (Phi) is 3.85. The van der Waals surface area contributed by atoms with Crippen LogP contribution in [0.1, 0.15) is 43.5 Å². The molecule has 2 rings (SSSR count). The summed E-state index contributed by atoms with van der Waals surface area (Å²) in [5.74, 6) is 0. The molecule has 0 aliphatic heterocycles. The topological polar surface area (TPSA) is 34.1 Å². The largest absolute Gasteiger partial charge is 0.381 e. The van der Waals surface area contributed by atoms with Gasteiger partial charge in [-0.1, -0.05) is 20.8 Å². The maximum Gasteiger partial charge on any atom is 0.0981 e. The van der Waals surface area contributed by atoms with E-state index < -0.39 is 0 Å². The molecular formula is C13H22N2OS. The molecule has 0 atom stereocenters. The Bertz CT molecular complexity index is 364. The van der Waals surface area contributed by atoms with Crippen LogP contribution in [0.2, 0.25) is 0 Å². The first kappa shape index (κ1) is 13.0. The zero-order valence-corrected chi connectivity index (χ0v) is 11.9. The van der Waals surface area contributed by atoms with Crippen LogP contribution in [-0.4, -0.2) is 24.2 Å². The van der Waals surface area contributed by atoms with E-state index in [-0.39, 0.29) is 5.41 Å². The van der Waals surface area contributed by atoms with Crippen molar-refractivity contribution in [1.82, 2.24) is 10.3 Å². The number of thiazole rings is 1. The lowest BCUT2D eigenvalue weighted by molar-refractivity contribution is 0.0170. The Balaban J connectivity index is 1.78. The summed E-state index contributed by atoms with van der Waals surface area (Å²) in [6.45, 7) is 7.56. The van der Waals surface area contributed by atoms with Crippen LogP contribution in [-0.2, 0) is 16.7 Å². The molecule has 0 bridgehead atoms.